The normalized spacial score (nSPS) is 14.9. The fraction of sp³-hybridized carbons (Fsp3) is 0. The molecule has 0 fully saturated rings. The fourth-order valence-electron chi connectivity index (χ4n) is 21.3. The van der Waals surface area contributed by atoms with Gasteiger partial charge in [0.05, 0.1) is 42.5 Å². The predicted octanol–water partition coefficient (Wildman–Crippen LogP) is 39.6. The first-order valence-corrected chi connectivity index (χ1v) is 46.0. The highest BCUT2D eigenvalue weighted by atomic mass is 16.3. The third-order valence-corrected chi connectivity index (χ3v) is 27.4. The molecule has 0 aliphatic rings. The number of hydrogen-bond donors (Lipinski definition) is 0. The SMILES string of the molecule is [2H]c1c([2H])c([2H])c2c(-c3c4c([2H])c([2H])c([2H])c([2H])c4c(-c4cccc(-c5cccc6oc7c8ccccc8ccc7c56)c4)c4c([2H])c([2H])c([2H])c([2H])c34)c([2H])c([2H])c([2H])c2c1[2H].[2H]c1c([2H])c([2H])c2c(-c3ccc4ccccc4c3)c3c([2H])c([2H])c([2H])c([2H])c3c(-c3cccc(-c4cccc5oc6c7ccccc7ccc6c45)c3)c2c1[2H].[2H]c1c([2H])c([2H])c2c(-c3cccc4ccccc34)c3c([2H])c([2H])c([2H])c([2H])c3c(-c3ccccc3-c3cccc4oc5c6ccccc6ccc5c34)c2c1[2H]. The summed E-state index contributed by atoms with van der Waals surface area (Å²) in [6.07, 6.45) is 0. The van der Waals surface area contributed by atoms with E-state index in [1.165, 1.54) is 0 Å². The van der Waals surface area contributed by atoms with E-state index in [-0.39, 0.29) is 124 Å². The van der Waals surface area contributed by atoms with Crippen molar-refractivity contribution in [2.24, 2.45) is 0 Å². The van der Waals surface area contributed by atoms with Crippen LogP contribution in [0.25, 0.3) is 295 Å². The predicted molar refractivity (Wildman–Crippen MR) is 600 cm³/mol. The van der Waals surface area contributed by atoms with Crippen LogP contribution in [0.1, 0.15) is 42.5 Å². The first-order valence-electron chi connectivity index (χ1n) is 61.5. The van der Waals surface area contributed by atoms with Crippen molar-refractivity contribution in [3.05, 3.63) is 509 Å². The first-order chi connectivity index (χ1) is 82.9. The summed E-state index contributed by atoms with van der Waals surface area (Å²) in [5.41, 5.74) is 11.9. The lowest BCUT2D eigenvalue weighted by Gasteiger charge is -2.20. The van der Waals surface area contributed by atoms with E-state index in [0.29, 0.717) is 83.5 Å². The number of rotatable bonds is 9. The molecule has 27 aromatic carbocycles. The average molecular weight is 1820 g/mol. The Hall–Kier alpha value is -18.5. The Labute approximate surface area is 855 Å². The van der Waals surface area contributed by atoms with Gasteiger partial charge in [-0.2, -0.15) is 0 Å². The summed E-state index contributed by atoms with van der Waals surface area (Å²) in [4.78, 5) is 0. The molecular formula is C138H84O3. The van der Waals surface area contributed by atoms with Gasteiger partial charge in [0.25, 0.3) is 0 Å². The molecule has 3 aromatic heterocycles. The van der Waals surface area contributed by atoms with E-state index in [1.807, 2.05) is 279 Å². The topological polar surface area (TPSA) is 39.4 Å². The summed E-state index contributed by atoms with van der Waals surface area (Å²) < 4.78 is 300. The Kier molecular flexibility index (Phi) is 13.1. The molecule has 0 radical (unpaired) electrons. The summed E-state index contributed by atoms with van der Waals surface area (Å²) >= 11 is 0. The molecule has 30 aromatic rings. The van der Waals surface area contributed by atoms with Gasteiger partial charge >= 0.3 is 0 Å². The molecule has 654 valence electrons. The molecule has 3 heterocycles. The molecule has 30 rings (SSSR count). The molecule has 0 atom stereocenters. The van der Waals surface area contributed by atoms with E-state index in [1.54, 1.807) is 18.2 Å². The van der Waals surface area contributed by atoms with Gasteiger partial charge in [-0.05, 0) is 268 Å². The van der Waals surface area contributed by atoms with Crippen LogP contribution in [-0.4, -0.2) is 0 Å². The van der Waals surface area contributed by atoms with Crippen molar-refractivity contribution in [1.29, 1.82) is 0 Å². The van der Waals surface area contributed by atoms with Gasteiger partial charge in [0, 0.05) is 48.5 Å². The fourth-order valence-corrected chi connectivity index (χ4v) is 21.3. The van der Waals surface area contributed by atoms with E-state index >= 15 is 0 Å². The van der Waals surface area contributed by atoms with E-state index in [0.717, 1.165) is 120 Å². The van der Waals surface area contributed by atoms with E-state index < -0.39 is 155 Å². The zero-order chi connectivity index (χ0) is 120. The molecule has 141 heavy (non-hydrogen) atoms. The van der Waals surface area contributed by atoms with Crippen LogP contribution >= 0.6 is 0 Å². The lowest BCUT2D eigenvalue weighted by Crippen LogP contribution is -1.93. The third-order valence-electron chi connectivity index (χ3n) is 27.4. The van der Waals surface area contributed by atoms with Crippen LogP contribution in [0.2, 0.25) is 0 Å². The number of hydrogen-bond acceptors (Lipinski definition) is 3. The number of furan rings is 3. The van der Waals surface area contributed by atoms with Gasteiger partial charge in [-0.1, -0.05) is 454 Å². The minimum Gasteiger partial charge on any atom is -0.455 e. The van der Waals surface area contributed by atoms with Crippen LogP contribution in [0.15, 0.2) is 522 Å². The second-order valence-electron chi connectivity index (χ2n) is 34.9. The minimum absolute atomic E-state index is 0.0239. The second kappa shape index (κ2) is 33.2. The lowest BCUT2D eigenvalue weighted by atomic mass is 9.82. The van der Waals surface area contributed by atoms with Crippen molar-refractivity contribution in [3.8, 4) is 100 Å². The highest BCUT2D eigenvalue weighted by Crippen LogP contribution is 2.54. The van der Waals surface area contributed by atoms with Crippen molar-refractivity contribution in [2.75, 3.05) is 0 Å². The van der Waals surface area contributed by atoms with E-state index in [2.05, 4.69) is 24.3 Å². The van der Waals surface area contributed by atoms with Gasteiger partial charge in [0.2, 0.25) is 0 Å². The van der Waals surface area contributed by atoms with Crippen molar-refractivity contribution >= 4 is 195 Å². The molecule has 0 unspecified atom stereocenters. The summed E-state index contributed by atoms with van der Waals surface area (Å²) in [7, 11) is 0. The van der Waals surface area contributed by atoms with Gasteiger partial charge in [-0.25, -0.2) is 0 Å². The highest BCUT2D eigenvalue weighted by molar-refractivity contribution is 6.30. The summed E-state index contributed by atoms with van der Waals surface area (Å²) in [5, 5.41) is 14.5. The molecule has 0 saturated carbocycles. The van der Waals surface area contributed by atoms with Crippen LogP contribution < -0.4 is 0 Å². The molecule has 3 heteroatoms. The molecule has 0 bridgehead atoms. The van der Waals surface area contributed by atoms with Crippen LogP contribution in [-0.2, 0) is 0 Å². The average Bonchev–Trinajstić information content (AvgIpc) is 0.818. The smallest absolute Gasteiger partial charge is 0.143 e. The maximum atomic E-state index is 9.50. The van der Waals surface area contributed by atoms with Crippen molar-refractivity contribution in [3.63, 3.8) is 0 Å². The summed E-state index contributed by atoms with van der Waals surface area (Å²) in [6, 6.07) is 86.5. The number of fused-ring (bicyclic) bond motifs is 24. The highest BCUT2D eigenvalue weighted by Gasteiger charge is 2.27. The lowest BCUT2D eigenvalue weighted by molar-refractivity contribution is 0.672. The van der Waals surface area contributed by atoms with Gasteiger partial charge in [-0.15, -0.1) is 0 Å². The first kappa shape index (κ1) is 55.5. The van der Waals surface area contributed by atoms with Gasteiger partial charge < -0.3 is 13.3 Å². The third kappa shape index (κ3) is 13.2. The van der Waals surface area contributed by atoms with Gasteiger partial charge in [0.1, 0.15) is 33.5 Å². The van der Waals surface area contributed by atoms with Crippen LogP contribution in [0, 0.1) is 0 Å². The van der Waals surface area contributed by atoms with Crippen molar-refractivity contribution in [1.82, 2.24) is 0 Å². The Morgan fingerprint density at radius 2 is 0.418 bits per heavy atom. The quantitative estimate of drug-likeness (QED) is 0.135. The Morgan fingerprint density at radius 1 is 0.135 bits per heavy atom. The zero-order valence-electron chi connectivity index (χ0n) is 105. The molecule has 0 aliphatic carbocycles. The van der Waals surface area contributed by atoms with E-state index in [9.17, 15) is 17.8 Å². The van der Waals surface area contributed by atoms with Gasteiger partial charge in [-0.3, -0.25) is 0 Å². The minimum atomic E-state index is -0.758. The molecule has 0 aliphatic heterocycles. The molecule has 0 N–H and O–H groups in total. The zero-order valence-corrected chi connectivity index (χ0v) is 74.3. The molecular weight excluding hydrogens is 1710 g/mol. The molecule has 0 saturated heterocycles. The summed E-state index contributed by atoms with van der Waals surface area (Å²) in [6.45, 7) is 0. The standard InChI is InChI=1S/3C46H28O/c1-3-17-33-29(12-1)14-10-24-36(33)44-39-21-7-5-19-37(39)43(38-20-6-8-22-40(38)44)32-16-9-15-31(28-32)34-23-11-25-42-45(34)41-27-26-30-13-2-4-18-35(30)46(41)47-42;1-3-16-31-29(13-1)15-11-24-34(31)43-37-20-7-9-22-39(37)44(40-23-10-8-21-38(40)43)35-19-6-5-18-33(35)36-25-12-26-42-45(36)41-28-27-30-14-2-4-17-32(30)46(41)47-42;1-2-13-31-27-34(24-23-29(31)11-1)44-39-19-7-5-17-37(39)43(38-18-6-8-20-40(38)44)33-15-9-14-32(28-33)35-21-10-22-42-45(35)41-26-25-30-12-3-4-16-36(30)46(41)47-42/h3*1-28H/i1D,3D,5D,6D,7D,8D,10D,12D,14D,17D,19D,20D,21D,22D,24D;7D,8D,9D,10D,20D,21D,22D,23D;5D,6D,7D,8D,17D,18D,19D,20D. The van der Waals surface area contributed by atoms with Crippen LogP contribution in [0.5, 0.6) is 0 Å². The van der Waals surface area contributed by atoms with Gasteiger partial charge in [0.15, 0.2) is 0 Å². The molecule has 3 nitrogen and oxygen atoms in total. The Balaban J connectivity index is 0.000000119. The maximum absolute atomic E-state index is 9.50. The maximum Gasteiger partial charge on any atom is 0.143 e. The van der Waals surface area contributed by atoms with Crippen molar-refractivity contribution in [2.45, 2.75) is 0 Å². The largest absolute Gasteiger partial charge is 0.455 e. The molecule has 0 spiro atoms. The second-order valence-corrected chi connectivity index (χ2v) is 34.9. The Bertz CT molecular complexity index is 12200. The monoisotopic (exact) mass is 1820 g/mol. The number of benzene rings is 27. The van der Waals surface area contributed by atoms with Crippen molar-refractivity contribution < 1.29 is 55.7 Å². The summed E-state index contributed by atoms with van der Waals surface area (Å²) in [5.74, 6) is 0. The van der Waals surface area contributed by atoms with Crippen LogP contribution in [0.4, 0.5) is 0 Å². The Morgan fingerprint density at radius 3 is 0.865 bits per heavy atom. The van der Waals surface area contributed by atoms with E-state index in [4.69, 9.17) is 37.9 Å². The van der Waals surface area contributed by atoms with Crippen LogP contribution in [0.3, 0.4) is 0 Å². The molecule has 0 amide bonds.